The summed E-state index contributed by atoms with van der Waals surface area (Å²) in [7, 11) is 4.08. The van der Waals surface area contributed by atoms with E-state index in [-0.39, 0.29) is 5.82 Å². The van der Waals surface area contributed by atoms with E-state index in [1.807, 2.05) is 44.4 Å². The highest BCUT2D eigenvalue weighted by Gasteiger charge is 2.07. The summed E-state index contributed by atoms with van der Waals surface area (Å²) in [4.78, 5) is 11.3. The summed E-state index contributed by atoms with van der Waals surface area (Å²) in [6, 6.07) is 14.6. The lowest BCUT2D eigenvalue weighted by Gasteiger charge is -2.14. The Morgan fingerprint density at radius 2 is 1.81 bits per heavy atom. The van der Waals surface area contributed by atoms with Crippen molar-refractivity contribution in [2.45, 2.75) is 6.42 Å². The number of rotatable bonds is 8. The van der Waals surface area contributed by atoms with Gasteiger partial charge in [-0.15, -0.1) is 0 Å². The molecule has 3 aromatic rings. The van der Waals surface area contributed by atoms with Crippen LogP contribution in [0.1, 0.15) is 5.56 Å². The number of likely N-dealkylation sites (N-methyl/N-ethyl adjacent to an activating group) is 1. The monoisotopic (exact) mass is 353 g/mol. The second kappa shape index (κ2) is 8.58. The second-order valence-corrected chi connectivity index (χ2v) is 6.45. The van der Waals surface area contributed by atoms with Gasteiger partial charge in [0.1, 0.15) is 11.6 Å². The van der Waals surface area contributed by atoms with E-state index in [1.54, 1.807) is 12.1 Å². The molecule has 0 aliphatic heterocycles. The van der Waals surface area contributed by atoms with Crippen molar-refractivity contribution >= 4 is 22.7 Å². The molecule has 26 heavy (non-hydrogen) atoms. The highest BCUT2D eigenvalue weighted by molar-refractivity contribution is 5.90. The number of para-hydroxylation sites is 1. The summed E-state index contributed by atoms with van der Waals surface area (Å²) in [6.45, 7) is 2.36. The van der Waals surface area contributed by atoms with Crippen molar-refractivity contribution in [2.24, 2.45) is 0 Å². The summed E-state index contributed by atoms with van der Waals surface area (Å²) in [5, 5.41) is 7.64. The van der Waals surface area contributed by atoms with E-state index in [4.69, 9.17) is 0 Å². The molecule has 6 heteroatoms. The fourth-order valence-electron chi connectivity index (χ4n) is 2.70. The molecular weight excluding hydrogens is 329 g/mol. The van der Waals surface area contributed by atoms with Gasteiger partial charge >= 0.3 is 0 Å². The Hall–Kier alpha value is -2.73. The number of halogens is 1. The van der Waals surface area contributed by atoms with Crippen LogP contribution in [-0.4, -0.2) is 48.6 Å². The van der Waals surface area contributed by atoms with Crippen molar-refractivity contribution in [2.75, 3.05) is 44.4 Å². The van der Waals surface area contributed by atoms with Crippen molar-refractivity contribution in [3.63, 3.8) is 0 Å². The minimum Gasteiger partial charge on any atom is -0.368 e. The van der Waals surface area contributed by atoms with Gasteiger partial charge in [0.15, 0.2) is 0 Å². The quantitative estimate of drug-likeness (QED) is 0.650. The normalized spacial score (nSPS) is 11.1. The van der Waals surface area contributed by atoms with Gasteiger partial charge in [0.05, 0.1) is 5.52 Å². The van der Waals surface area contributed by atoms with Crippen molar-refractivity contribution in [3.05, 3.63) is 59.9 Å². The summed E-state index contributed by atoms with van der Waals surface area (Å²) in [5.74, 6) is 1.19. The Balaban J connectivity index is 1.71. The van der Waals surface area contributed by atoms with Crippen LogP contribution >= 0.6 is 0 Å². The van der Waals surface area contributed by atoms with Crippen molar-refractivity contribution in [1.29, 1.82) is 0 Å². The lowest BCUT2D eigenvalue weighted by molar-refractivity contribution is 0.425. The third-order valence-electron chi connectivity index (χ3n) is 4.04. The molecule has 5 nitrogen and oxygen atoms in total. The van der Waals surface area contributed by atoms with Gasteiger partial charge < -0.3 is 15.5 Å². The predicted octanol–water partition coefficient (Wildman–Crippen LogP) is 3.40. The van der Waals surface area contributed by atoms with Crippen molar-refractivity contribution < 1.29 is 4.39 Å². The van der Waals surface area contributed by atoms with Gasteiger partial charge in [-0.1, -0.05) is 24.3 Å². The van der Waals surface area contributed by atoms with Gasteiger partial charge in [-0.25, -0.2) is 9.37 Å². The lowest BCUT2D eigenvalue weighted by atomic mass is 10.1. The van der Waals surface area contributed by atoms with Crippen LogP contribution in [0.25, 0.3) is 10.9 Å². The number of anilines is 2. The molecule has 0 saturated heterocycles. The Kier molecular flexibility index (Phi) is 5.96. The Morgan fingerprint density at radius 1 is 0.962 bits per heavy atom. The molecule has 0 saturated carbocycles. The average Bonchev–Trinajstić information content (AvgIpc) is 2.61. The Bertz CT molecular complexity index is 866. The average molecular weight is 353 g/mol. The smallest absolute Gasteiger partial charge is 0.225 e. The van der Waals surface area contributed by atoms with Gasteiger partial charge in [0.25, 0.3) is 0 Å². The number of fused-ring (bicyclic) bond motifs is 1. The molecule has 0 spiro atoms. The van der Waals surface area contributed by atoms with Crippen LogP contribution in [0, 0.1) is 5.82 Å². The first kappa shape index (κ1) is 18.1. The fourth-order valence-corrected chi connectivity index (χ4v) is 2.70. The summed E-state index contributed by atoms with van der Waals surface area (Å²) in [6.07, 6.45) is 0.706. The van der Waals surface area contributed by atoms with E-state index in [0.29, 0.717) is 18.9 Å². The van der Waals surface area contributed by atoms with Crippen LogP contribution in [0.5, 0.6) is 0 Å². The molecule has 0 fully saturated rings. The number of benzene rings is 2. The summed E-state index contributed by atoms with van der Waals surface area (Å²) < 4.78 is 13.3. The number of hydrogen-bond acceptors (Lipinski definition) is 5. The molecular formula is C20H24FN5. The highest BCUT2D eigenvalue weighted by Crippen LogP contribution is 2.21. The van der Waals surface area contributed by atoms with Crippen molar-refractivity contribution in [1.82, 2.24) is 14.9 Å². The topological polar surface area (TPSA) is 53.1 Å². The third-order valence-corrected chi connectivity index (χ3v) is 4.04. The van der Waals surface area contributed by atoms with Crippen LogP contribution in [0.4, 0.5) is 16.2 Å². The molecule has 0 unspecified atom stereocenters. The predicted molar refractivity (Wildman–Crippen MR) is 105 cm³/mol. The molecule has 3 rings (SSSR count). The first-order chi connectivity index (χ1) is 12.6. The molecule has 0 bridgehead atoms. The maximum Gasteiger partial charge on any atom is 0.225 e. The lowest BCUT2D eigenvalue weighted by Crippen LogP contribution is -2.21. The highest BCUT2D eigenvalue weighted by atomic mass is 19.1. The molecule has 0 radical (unpaired) electrons. The number of hydrogen-bond donors (Lipinski definition) is 2. The molecule has 0 atom stereocenters. The van der Waals surface area contributed by atoms with E-state index in [1.165, 1.54) is 6.07 Å². The van der Waals surface area contributed by atoms with Gasteiger partial charge in [-0.3, -0.25) is 0 Å². The molecule has 136 valence electrons. The number of nitrogens with zero attached hydrogens (tertiary/aromatic N) is 3. The maximum absolute atomic E-state index is 13.3. The van der Waals surface area contributed by atoms with Gasteiger partial charge in [0, 0.05) is 25.0 Å². The zero-order valence-electron chi connectivity index (χ0n) is 15.2. The first-order valence-corrected chi connectivity index (χ1v) is 8.75. The number of nitrogens with one attached hydrogen (secondary N) is 2. The maximum atomic E-state index is 13.3. The molecule has 1 heterocycles. The molecule has 0 amide bonds. The fraction of sp³-hybridized carbons (Fsp3) is 0.300. The van der Waals surface area contributed by atoms with Crippen LogP contribution in [0.2, 0.25) is 0 Å². The molecule has 0 aliphatic rings. The summed E-state index contributed by atoms with van der Waals surface area (Å²) in [5.41, 5.74) is 1.84. The van der Waals surface area contributed by atoms with E-state index in [0.717, 1.165) is 35.4 Å². The molecule has 2 aromatic carbocycles. The van der Waals surface area contributed by atoms with Crippen LogP contribution in [0.3, 0.4) is 0 Å². The third kappa shape index (κ3) is 4.89. The zero-order valence-corrected chi connectivity index (χ0v) is 15.2. The second-order valence-electron chi connectivity index (χ2n) is 6.45. The SMILES string of the molecule is CN(C)CCNc1nc(NCCc2cccc(F)c2)nc2ccccc12. The minimum atomic E-state index is -0.211. The van der Waals surface area contributed by atoms with Crippen LogP contribution in [-0.2, 0) is 6.42 Å². The minimum absolute atomic E-state index is 0.211. The van der Waals surface area contributed by atoms with Crippen LogP contribution in [0.15, 0.2) is 48.5 Å². The standard InChI is InChI=1S/C20H24FN5/c1-26(2)13-12-22-19-17-8-3-4-9-18(17)24-20(25-19)23-11-10-15-6-5-7-16(21)14-15/h3-9,14H,10-13H2,1-2H3,(H2,22,23,24,25). The van der Waals surface area contributed by atoms with E-state index < -0.39 is 0 Å². The van der Waals surface area contributed by atoms with Gasteiger partial charge in [-0.05, 0) is 50.3 Å². The van der Waals surface area contributed by atoms with E-state index in [9.17, 15) is 4.39 Å². The first-order valence-electron chi connectivity index (χ1n) is 8.75. The molecule has 1 aromatic heterocycles. The van der Waals surface area contributed by atoms with E-state index >= 15 is 0 Å². The molecule has 0 aliphatic carbocycles. The molecule has 2 N–H and O–H groups in total. The van der Waals surface area contributed by atoms with Crippen LogP contribution < -0.4 is 10.6 Å². The Morgan fingerprint density at radius 3 is 2.62 bits per heavy atom. The van der Waals surface area contributed by atoms with Gasteiger partial charge in [0.2, 0.25) is 5.95 Å². The Labute approximate surface area is 153 Å². The summed E-state index contributed by atoms with van der Waals surface area (Å²) >= 11 is 0. The van der Waals surface area contributed by atoms with E-state index in [2.05, 4.69) is 25.5 Å². The largest absolute Gasteiger partial charge is 0.368 e. The van der Waals surface area contributed by atoms with Crippen molar-refractivity contribution in [3.8, 4) is 0 Å². The number of aromatic nitrogens is 2. The zero-order chi connectivity index (χ0) is 18.4. The van der Waals surface area contributed by atoms with Gasteiger partial charge in [-0.2, -0.15) is 4.98 Å².